The fourth-order valence-corrected chi connectivity index (χ4v) is 3.03. The van der Waals surface area contributed by atoms with Crippen LogP contribution >= 0.6 is 11.3 Å². The maximum atomic E-state index is 6.01. The van der Waals surface area contributed by atoms with Crippen LogP contribution in [0, 0.1) is 0 Å². The first-order chi connectivity index (χ1) is 9.78. The smallest absolute Gasteiger partial charge is 0.129 e. The fraction of sp³-hybridized carbons (Fsp3) is 0.235. The SMILES string of the molecule is CCC(C)Oc1ccccc1-c1nc2ccccc2s1. The van der Waals surface area contributed by atoms with E-state index in [1.54, 1.807) is 11.3 Å². The molecule has 2 nitrogen and oxygen atoms in total. The number of rotatable bonds is 4. The molecule has 20 heavy (non-hydrogen) atoms. The van der Waals surface area contributed by atoms with E-state index in [9.17, 15) is 0 Å². The lowest BCUT2D eigenvalue weighted by atomic mass is 10.2. The third-order valence-electron chi connectivity index (χ3n) is 3.31. The summed E-state index contributed by atoms with van der Waals surface area (Å²) >= 11 is 1.71. The Balaban J connectivity index is 2.04. The van der Waals surface area contributed by atoms with Gasteiger partial charge in [0.05, 0.1) is 21.9 Å². The van der Waals surface area contributed by atoms with Gasteiger partial charge in [-0.3, -0.25) is 0 Å². The zero-order valence-corrected chi connectivity index (χ0v) is 12.5. The first kappa shape index (κ1) is 13.1. The summed E-state index contributed by atoms with van der Waals surface area (Å²) in [6, 6.07) is 16.4. The van der Waals surface area contributed by atoms with Crippen molar-refractivity contribution in [1.82, 2.24) is 4.98 Å². The molecule has 0 saturated heterocycles. The first-order valence-electron chi connectivity index (χ1n) is 6.89. The van der Waals surface area contributed by atoms with Gasteiger partial charge >= 0.3 is 0 Å². The molecule has 1 atom stereocenters. The Labute approximate surface area is 123 Å². The van der Waals surface area contributed by atoms with Crippen molar-refractivity contribution in [2.75, 3.05) is 0 Å². The van der Waals surface area contributed by atoms with Crippen LogP contribution < -0.4 is 4.74 Å². The highest BCUT2D eigenvalue weighted by Crippen LogP contribution is 2.36. The Morgan fingerprint density at radius 1 is 1.10 bits per heavy atom. The van der Waals surface area contributed by atoms with Gasteiger partial charge < -0.3 is 4.74 Å². The van der Waals surface area contributed by atoms with Crippen LogP contribution in [-0.2, 0) is 0 Å². The third-order valence-corrected chi connectivity index (χ3v) is 4.38. The minimum Gasteiger partial charge on any atom is -0.490 e. The molecule has 0 aliphatic rings. The quantitative estimate of drug-likeness (QED) is 0.661. The summed E-state index contributed by atoms with van der Waals surface area (Å²) in [7, 11) is 0. The van der Waals surface area contributed by atoms with E-state index in [1.807, 2.05) is 36.4 Å². The molecule has 1 heterocycles. The van der Waals surface area contributed by atoms with Crippen molar-refractivity contribution in [3.05, 3.63) is 48.5 Å². The molecule has 0 spiro atoms. The number of para-hydroxylation sites is 2. The van der Waals surface area contributed by atoms with E-state index in [4.69, 9.17) is 9.72 Å². The van der Waals surface area contributed by atoms with Crippen LogP contribution in [0.25, 0.3) is 20.8 Å². The Kier molecular flexibility index (Phi) is 3.70. The van der Waals surface area contributed by atoms with Crippen molar-refractivity contribution < 1.29 is 4.74 Å². The predicted molar refractivity (Wildman–Crippen MR) is 85.4 cm³/mol. The Morgan fingerprint density at radius 2 is 1.85 bits per heavy atom. The molecule has 1 aromatic heterocycles. The Morgan fingerprint density at radius 3 is 2.65 bits per heavy atom. The van der Waals surface area contributed by atoms with Gasteiger partial charge in [0, 0.05) is 0 Å². The molecule has 0 radical (unpaired) electrons. The van der Waals surface area contributed by atoms with Gasteiger partial charge in [-0.1, -0.05) is 31.2 Å². The van der Waals surface area contributed by atoms with Gasteiger partial charge in [-0.25, -0.2) is 4.98 Å². The summed E-state index contributed by atoms with van der Waals surface area (Å²) in [6.07, 6.45) is 1.21. The Hall–Kier alpha value is -1.87. The highest BCUT2D eigenvalue weighted by atomic mass is 32.1. The van der Waals surface area contributed by atoms with Crippen LogP contribution in [0.15, 0.2) is 48.5 Å². The average Bonchev–Trinajstić information content (AvgIpc) is 2.91. The second kappa shape index (κ2) is 5.63. The molecular weight excluding hydrogens is 266 g/mol. The standard InChI is InChI=1S/C17H17NOS/c1-3-12(2)19-15-10-6-4-8-13(15)17-18-14-9-5-7-11-16(14)20-17/h4-12H,3H2,1-2H3. The first-order valence-corrected chi connectivity index (χ1v) is 7.71. The van der Waals surface area contributed by atoms with E-state index in [0.717, 1.165) is 28.3 Å². The van der Waals surface area contributed by atoms with Gasteiger partial charge in [0.15, 0.2) is 0 Å². The lowest BCUT2D eigenvalue weighted by Gasteiger charge is -2.14. The molecular formula is C17H17NOS. The van der Waals surface area contributed by atoms with E-state index < -0.39 is 0 Å². The number of benzene rings is 2. The van der Waals surface area contributed by atoms with Crippen LogP contribution in [0.4, 0.5) is 0 Å². The number of hydrogen-bond acceptors (Lipinski definition) is 3. The predicted octanol–water partition coefficient (Wildman–Crippen LogP) is 5.14. The van der Waals surface area contributed by atoms with Crippen molar-refractivity contribution in [3.63, 3.8) is 0 Å². The van der Waals surface area contributed by atoms with Crippen molar-refractivity contribution in [2.24, 2.45) is 0 Å². The van der Waals surface area contributed by atoms with Gasteiger partial charge in [-0.2, -0.15) is 0 Å². The van der Waals surface area contributed by atoms with Crippen molar-refractivity contribution in [1.29, 1.82) is 0 Å². The molecule has 102 valence electrons. The second-order valence-electron chi connectivity index (χ2n) is 4.82. The van der Waals surface area contributed by atoms with Gasteiger partial charge in [0.2, 0.25) is 0 Å². The van der Waals surface area contributed by atoms with Gasteiger partial charge in [0.1, 0.15) is 10.8 Å². The summed E-state index contributed by atoms with van der Waals surface area (Å²) < 4.78 is 7.22. The second-order valence-corrected chi connectivity index (χ2v) is 5.85. The normalized spacial score (nSPS) is 12.5. The van der Waals surface area contributed by atoms with Crippen molar-refractivity contribution in [3.8, 4) is 16.3 Å². The molecule has 0 amide bonds. The molecule has 3 heteroatoms. The zero-order chi connectivity index (χ0) is 13.9. The molecule has 3 rings (SSSR count). The van der Waals surface area contributed by atoms with Gasteiger partial charge in [0.25, 0.3) is 0 Å². The molecule has 0 N–H and O–H groups in total. The summed E-state index contributed by atoms with van der Waals surface area (Å²) in [5.41, 5.74) is 2.12. The maximum absolute atomic E-state index is 6.01. The summed E-state index contributed by atoms with van der Waals surface area (Å²) in [5.74, 6) is 0.918. The lowest BCUT2D eigenvalue weighted by molar-refractivity contribution is 0.218. The summed E-state index contributed by atoms with van der Waals surface area (Å²) in [5, 5.41) is 1.02. The van der Waals surface area contributed by atoms with Gasteiger partial charge in [-0.15, -0.1) is 11.3 Å². The van der Waals surface area contributed by atoms with Crippen LogP contribution in [0.1, 0.15) is 20.3 Å². The molecule has 0 fully saturated rings. The highest BCUT2D eigenvalue weighted by Gasteiger charge is 2.12. The zero-order valence-electron chi connectivity index (χ0n) is 11.7. The van der Waals surface area contributed by atoms with E-state index >= 15 is 0 Å². The minimum absolute atomic E-state index is 0.213. The number of aromatic nitrogens is 1. The molecule has 3 aromatic rings. The number of ether oxygens (including phenoxy) is 1. The highest BCUT2D eigenvalue weighted by molar-refractivity contribution is 7.21. The van der Waals surface area contributed by atoms with E-state index in [0.29, 0.717) is 0 Å². The van der Waals surface area contributed by atoms with Crippen LogP contribution in [0.2, 0.25) is 0 Å². The topological polar surface area (TPSA) is 22.1 Å². The monoisotopic (exact) mass is 283 g/mol. The molecule has 1 unspecified atom stereocenters. The molecule has 0 aliphatic carbocycles. The third kappa shape index (κ3) is 2.54. The van der Waals surface area contributed by atoms with Crippen LogP contribution in [0.5, 0.6) is 5.75 Å². The lowest BCUT2D eigenvalue weighted by Crippen LogP contribution is -2.10. The van der Waals surface area contributed by atoms with Crippen molar-refractivity contribution >= 4 is 21.6 Å². The van der Waals surface area contributed by atoms with Gasteiger partial charge in [-0.05, 0) is 37.6 Å². The molecule has 2 aromatic carbocycles. The summed E-state index contributed by atoms with van der Waals surface area (Å²) in [6.45, 7) is 4.22. The van der Waals surface area contributed by atoms with E-state index in [2.05, 4.69) is 26.0 Å². The van der Waals surface area contributed by atoms with Crippen LogP contribution in [-0.4, -0.2) is 11.1 Å². The largest absolute Gasteiger partial charge is 0.490 e. The summed E-state index contributed by atoms with van der Waals surface area (Å²) in [4.78, 5) is 4.72. The number of fused-ring (bicyclic) bond motifs is 1. The van der Waals surface area contributed by atoms with Crippen molar-refractivity contribution in [2.45, 2.75) is 26.4 Å². The van der Waals surface area contributed by atoms with Crippen LogP contribution in [0.3, 0.4) is 0 Å². The average molecular weight is 283 g/mol. The maximum Gasteiger partial charge on any atom is 0.129 e. The minimum atomic E-state index is 0.213. The van der Waals surface area contributed by atoms with E-state index in [1.165, 1.54) is 4.70 Å². The number of hydrogen-bond donors (Lipinski definition) is 0. The molecule has 0 aliphatic heterocycles. The Bertz CT molecular complexity index is 687. The fourth-order valence-electron chi connectivity index (χ4n) is 2.03. The number of nitrogens with zero attached hydrogens (tertiary/aromatic N) is 1. The van der Waals surface area contributed by atoms with E-state index in [-0.39, 0.29) is 6.10 Å². The number of thiazole rings is 1. The molecule has 0 bridgehead atoms. The molecule has 0 saturated carbocycles.